The highest BCUT2D eigenvalue weighted by Gasteiger charge is 2.48. The molecule has 1 rings (SSSR count). The fourth-order valence-corrected chi connectivity index (χ4v) is 5.08. The van der Waals surface area contributed by atoms with Gasteiger partial charge in [-0.3, -0.25) is 0 Å². The average Bonchev–Trinajstić information content (AvgIpc) is 2.74. The smallest absolute Gasteiger partial charge is 0.377 e. The first-order chi connectivity index (χ1) is 6.70. The minimum atomic E-state index is -2.39. The maximum atomic E-state index is 5.50. The van der Waals surface area contributed by atoms with Crippen LogP contribution in [0.1, 0.15) is 32.6 Å². The lowest BCUT2D eigenvalue weighted by Crippen LogP contribution is -2.48. The first kappa shape index (κ1) is 12.2. The van der Waals surface area contributed by atoms with Crippen molar-refractivity contribution in [3.8, 4) is 0 Å². The van der Waals surface area contributed by atoms with Gasteiger partial charge in [-0.25, -0.2) is 0 Å². The second-order valence-corrected chi connectivity index (χ2v) is 7.39. The van der Waals surface area contributed by atoms with Gasteiger partial charge in [0, 0.05) is 26.9 Å². The topological polar surface area (TPSA) is 27.7 Å². The molecule has 1 saturated carbocycles. The molecule has 0 heterocycles. The summed E-state index contributed by atoms with van der Waals surface area (Å²) in [7, 11) is 2.71. The fraction of sp³-hybridized carbons (Fsp3) is 1.00. The molecule has 0 aromatic rings. The lowest BCUT2D eigenvalue weighted by atomic mass is 10.1. The zero-order chi connectivity index (χ0) is 10.6. The summed E-state index contributed by atoms with van der Waals surface area (Å²) in [6.45, 7) is 2.21. The van der Waals surface area contributed by atoms with Crippen molar-refractivity contribution in [1.82, 2.24) is 0 Å². The van der Waals surface area contributed by atoms with E-state index in [4.69, 9.17) is 13.3 Å². The molecule has 0 aromatic heterocycles. The molecule has 1 aliphatic carbocycles. The highest BCUT2D eigenvalue weighted by atomic mass is 28.4. The Bertz CT molecular complexity index is 156. The van der Waals surface area contributed by atoms with Crippen LogP contribution in [0, 0.1) is 5.92 Å². The van der Waals surface area contributed by atoms with Crippen LogP contribution in [0.2, 0.25) is 5.54 Å². The van der Waals surface area contributed by atoms with Crippen molar-refractivity contribution in [2.24, 2.45) is 5.92 Å². The molecule has 0 saturated heterocycles. The minimum absolute atomic E-state index is 0.421. The summed E-state index contributed by atoms with van der Waals surface area (Å²) in [6.07, 6.45) is 5.28. The highest BCUT2D eigenvalue weighted by Crippen LogP contribution is 2.40. The molecule has 0 bridgehead atoms. The predicted octanol–water partition coefficient (Wildman–Crippen LogP) is 2.44. The molecule has 0 aromatic carbocycles. The molecule has 0 radical (unpaired) electrons. The van der Waals surface area contributed by atoms with Crippen molar-refractivity contribution in [1.29, 1.82) is 0 Å². The molecule has 0 amide bonds. The van der Waals surface area contributed by atoms with Gasteiger partial charge in [0.15, 0.2) is 0 Å². The van der Waals surface area contributed by atoms with Crippen molar-refractivity contribution >= 4 is 8.80 Å². The van der Waals surface area contributed by atoms with Gasteiger partial charge < -0.3 is 13.3 Å². The quantitative estimate of drug-likeness (QED) is 0.663. The lowest BCUT2D eigenvalue weighted by Gasteiger charge is -2.33. The van der Waals surface area contributed by atoms with Crippen LogP contribution >= 0.6 is 0 Å². The molecular weight excluding hydrogens is 196 g/mol. The summed E-state index contributed by atoms with van der Waals surface area (Å²) in [6, 6.07) is 0. The van der Waals surface area contributed by atoms with E-state index in [1.165, 1.54) is 25.7 Å². The van der Waals surface area contributed by atoms with E-state index in [2.05, 4.69) is 6.92 Å². The third kappa shape index (κ3) is 2.19. The van der Waals surface area contributed by atoms with Gasteiger partial charge in [0.2, 0.25) is 0 Å². The molecule has 14 heavy (non-hydrogen) atoms. The van der Waals surface area contributed by atoms with Crippen molar-refractivity contribution < 1.29 is 13.3 Å². The van der Waals surface area contributed by atoms with Crippen LogP contribution in [0.25, 0.3) is 0 Å². The zero-order valence-corrected chi connectivity index (χ0v) is 10.7. The largest absolute Gasteiger partial charge is 0.503 e. The molecule has 4 heteroatoms. The molecule has 84 valence electrons. The standard InChI is InChI=1S/C10H22O3Si/c1-9(10-7-5-6-8-10)14(11-2,12-3)13-4/h9-10H,5-8H2,1-4H3. The van der Waals surface area contributed by atoms with Gasteiger partial charge in [-0.1, -0.05) is 32.6 Å². The normalized spacial score (nSPS) is 21.4. The van der Waals surface area contributed by atoms with Crippen LogP contribution in [0.3, 0.4) is 0 Å². The summed E-state index contributed by atoms with van der Waals surface area (Å²) in [4.78, 5) is 0. The maximum absolute atomic E-state index is 5.50. The van der Waals surface area contributed by atoms with E-state index in [0.29, 0.717) is 5.54 Å². The van der Waals surface area contributed by atoms with E-state index in [9.17, 15) is 0 Å². The first-order valence-corrected chi connectivity index (χ1v) is 7.16. The summed E-state index contributed by atoms with van der Waals surface area (Å²) in [5.41, 5.74) is 0.421. The van der Waals surface area contributed by atoms with Crippen LogP contribution in [-0.2, 0) is 13.3 Å². The van der Waals surface area contributed by atoms with E-state index >= 15 is 0 Å². The third-order valence-electron chi connectivity index (χ3n) is 3.52. The Morgan fingerprint density at radius 2 is 1.43 bits per heavy atom. The van der Waals surface area contributed by atoms with Gasteiger partial charge in [0.05, 0.1) is 0 Å². The van der Waals surface area contributed by atoms with Crippen LogP contribution in [0.5, 0.6) is 0 Å². The van der Waals surface area contributed by atoms with Gasteiger partial charge in [0.1, 0.15) is 0 Å². The second kappa shape index (κ2) is 5.26. The van der Waals surface area contributed by atoms with E-state index in [1.54, 1.807) is 21.3 Å². The van der Waals surface area contributed by atoms with E-state index < -0.39 is 8.80 Å². The Morgan fingerprint density at radius 1 is 1.00 bits per heavy atom. The molecule has 0 spiro atoms. The average molecular weight is 218 g/mol. The van der Waals surface area contributed by atoms with Crippen molar-refractivity contribution in [3.63, 3.8) is 0 Å². The molecule has 1 aliphatic rings. The molecule has 1 atom stereocenters. The zero-order valence-electron chi connectivity index (χ0n) is 9.71. The maximum Gasteiger partial charge on any atom is 0.503 e. The Morgan fingerprint density at radius 3 is 1.79 bits per heavy atom. The van der Waals surface area contributed by atoms with E-state index in [-0.39, 0.29) is 0 Å². The SMILES string of the molecule is CO[Si](OC)(OC)C(C)C1CCCC1. The first-order valence-electron chi connectivity index (χ1n) is 5.35. The molecule has 0 N–H and O–H groups in total. The van der Waals surface area contributed by atoms with Crippen LogP contribution in [0.15, 0.2) is 0 Å². The fourth-order valence-electron chi connectivity index (χ4n) is 2.55. The molecular formula is C10H22O3Si. The molecule has 3 nitrogen and oxygen atoms in total. The van der Waals surface area contributed by atoms with Gasteiger partial charge in [-0.15, -0.1) is 0 Å². The third-order valence-corrected chi connectivity index (χ3v) is 6.81. The van der Waals surface area contributed by atoms with Crippen molar-refractivity contribution in [3.05, 3.63) is 0 Å². The van der Waals surface area contributed by atoms with Gasteiger partial charge in [0.25, 0.3) is 0 Å². The number of hydrogen-bond donors (Lipinski definition) is 0. The van der Waals surface area contributed by atoms with E-state index in [0.717, 1.165) is 5.92 Å². The highest BCUT2D eigenvalue weighted by molar-refractivity contribution is 6.62. The van der Waals surface area contributed by atoms with E-state index in [1.807, 2.05) is 0 Å². The second-order valence-electron chi connectivity index (χ2n) is 4.05. The minimum Gasteiger partial charge on any atom is -0.377 e. The summed E-state index contributed by atoms with van der Waals surface area (Å²) < 4.78 is 16.5. The Balaban J connectivity index is 2.65. The van der Waals surface area contributed by atoms with Gasteiger partial charge in [-0.05, 0) is 5.92 Å². The van der Waals surface area contributed by atoms with Crippen LogP contribution < -0.4 is 0 Å². The molecule has 0 aliphatic heterocycles. The predicted molar refractivity (Wildman–Crippen MR) is 58.2 cm³/mol. The molecule has 1 unspecified atom stereocenters. The molecule has 1 fully saturated rings. The van der Waals surface area contributed by atoms with Crippen LogP contribution in [0.4, 0.5) is 0 Å². The summed E-state index contributed by atoms with van der Waals surface area (Å²) in [5.74, 6) is 0.724. The Kier molecular flexibility index (Phi) is 4.57. The number of rotatable bonds is 5. The monoisotopic (exact) mass is 218 g/mol. The number of hydrogen-bond acceptors (Lipinski definition) is 3. The van der Waals surface area contributed by atoms with Gasteiger partial charge >= 0.3 is 8.80 Å². The lowest BCUT2D eigenvalue weighted by molar-refractivity contribution is 0.104. The Labute approximate surface area is 88.1 Å². The van der Waals surface area contributed by atoms with Gasteiger partial charge in [-0.2, -0.15) is 0 Å². The summed E-state index contributed by atoms with van der Waals surface area (Å²) in [5, 5.41) is 0. The van der Waals surface area contributed by atoms with Crippen molar-refractivity contribution in [2.75, 3.05) is 21.3 Å². The van der Waals surface area contributed by atoms with Crippen molar-refractivity contribution in [2.45, 2.75) is 38.1 Å². The van der Waals surface area contributed by atoms with Crippen LogP contribution in [-0.4, -0.2) is 30.1 Å². The summed E-state index contributed by atoms with van der Waals surface area (Å²) >= 11 is 0. The Hall–Kier alpha value is 0.0969.